The van der Waals surface area contributed by atoms with Crippen LogP contribution in [0.15, 0.2) is 82.8 Å². The van der Waals surface area contributed by atoms with Crippen LogP contribution in [0.4, 0.5) is 5.69 Å². The fraction of sp³-hybridized carbons (Fsp3) is 0.125. The molecular weight excluding hydrogens is 502 g/mol. The topological polar surface area (TPSA) is 138 Å². The van der Waals surface area contributed by atoms with Crippen molar-refractivity contribution in [2.75, 3.05) is 12.1 Å². The van der Waals surface area contributed by atoms with E-state index >= 15 is 0 Å². The number of carbonyl (C=O) groups is 1. The highest BCUT2D eigenvalue weighted by Crippen LogP contribution is 2.37. The first kappa shape index (κ1) is 23.9. The number of carbonyl (C=O) groups excluding carboxylic acids is 1. The van der Waals surface area contributed by atoms with Gasteiger partial charge in [-0.1, -0.05) is 30.0 Å². The number of benzene rings is 3. The summed E-state index contributed by atoms with van der Waals surface area (Å²) in [4.78, 5) is 12.9. The van der Waals surface area contributed by atoms with Gasteiger partial charge in [-0.25, -0.2) is 13.6 Å². The van der Waals surface area contributed by atoms with Gasteiger partial charge in [-0.2, -0.15) is 0 Å². The molecule has 1 aliphatic heterocycles. The molecule has 0 unspecified atom stereocenters. The minimum atomic E-state index is -3.81. The number of nitrogens with one attached hydrogen (secondary N) is 1. The molecule has 10 nitrogen and oxygen atoms in total. The first-order valence-electron chi connectivity index (χ1n) is 10.8. The van der Waals surface area contributed by atoms with E-state index in [1.54, 1.807) is 6.92 Å². The molecule has 0 bridgehead atoms. The lowest BCUT2D eigenvalue weighted by Crippen LogP contribution is -2.23. The predicted octanol–water partition coefficient (Wildman–Crippen LogP) is 3.43. The molecule has 0 fully saturated rings. The number of rotatable bonds is 7. The first-order valence-corrected chi connectivity index (χ1v) is 13.2. The van der Waals surface area contributed by atoms with Gasteiger partial charge in [0.1, 0.15) is 0 Å². The Balaban J connectivity index is 1.40. The van der Waals surface area contributed by atoms with Crippen molar-refractivity contribution in [2.45, 2.75) is 22.2 Å². The van der Waals surface area contributed by atoms with E-state index in [2.05, 4.69) is 15.5 Å². The van der Waals surface area contributed by atoms with E-state index in [0.29, 0.717) is 28.2 Å². The van der Waals surface area contributed by atoms with Crippen LogP contribution in [0, 0.1) is 0 Å². The molecule has 184 valence electrons. The highest BCUT2D eigenvalue weighted by Gasteiger charge is 2.23. The number of amides is 1. The molecule has 36 heavy (non-hydrogen) atoms. The van der Waals surface area contributed by atoms with E-state index in [4.69, 9.17) is 14.6 Å². The predicted molar refractivity (Wildman–Crippen MR) is 135 cm³/mol. The summed E-state index contributed by atoms with van der Waals surface area (Å²) in [5.41, 5.74) is 2.07. The van der Waals surface area contributed by atoms with Gasteiger partial charge in [-0.05, 0) is 61.5 Å². The van der Waals surface area contributed by atoms with Crippen LogP contribution in [0.2, 0.25) is 0 Å². The van der Waals surface area contributed by atoms with Crippen LogP contribution in [0.1, 0.15) is 6.92 Å². The molecular formula is C24H21N5O5S2. The van der Waals surface area contributed by atoms with Gasteiger partial charge in [0, 0.05) is 16.9 Å². The second-order valence-electron chi connectivity index (χ2n) is 7.86. The van der Waals surface area contributed by atoms with Gasteiger partial charge in [0.25, 0.3) is 0 Å². The maximum absolute atomic E-state index is 12.9. The van der Waals surface area contributed by atoms with Gasteiger partial charge >= 0.3 is 0 Å². The van der Waals surface area contributed by atoms with E-state index in [0.717, 1.165) is 11.3 Å². The molecule has 1 atom stereocenters. The molecule has 0 saturated carbocycles. The molecule has 3 N–H and O–H groups in total. The van der Waals surface area contributed by atoms with Gasteiger partial charge in [-0.3, -0.25) is 9.36 Å². The van der Waals surface area contributed by atoms with Gasteiger partial charge in [0.05, 0.1) is 10.1 Å². The minimum Gasteiger partial charge on any atom is -0.454 e. The van der Waals surface area contributed by atoms with E-state index in [1.807, 2.05) is 53.1 Å². The van der Waals surface area contributed by atoms with Crippen molar-refractivity contribution in [1.29, 1.82) is 0 Å². The Morgan fingerprint density at radius 2 is 1.75 bits per heavy atom. The standard InChI is InChI=1S/C24H21N5O5S2/c1-15(23(30)26-17-8-10-19(11-9-17)36(25,31)32)35-24-28-27-22(29(24)18-5-3-2-4-6-18)16-7-12-20-21(13-16)34-14-33-20/h2-13,15H,14H2,1H3,(H,26,30)(H2,25,31,32)/t15-/m1/s1. The number of anilines is 1. The van der Waals surface area contributed by atoms with Gasteiger partial charge < -0.3 is 14.8 Å². The van der Waals surface area contributed by atoms with Gasteiger partial charge in [0.15, 0.2) is 22.5 Å². The van der Waals surface area contributed by atoms with E-state index in [1.165, 1.54) is 36.0 Å². The lowest BCUT2D eigenvalue weighted by molar-refractivity contribution is -0.115. The average Bonchev–Trinajstić information content (AvgIpc) is 3.51. The van der Waals surface area contributed by atoms with E-state index in [9.17, 15) is 13.2 Å². The Morgan fingerprint density at radius 1 is 1.03 bits per heavy atom. The second kappa shape index (κ2) is 9.64. The fourth-order valence-electron chi connectivity index (χ4n) is 3.56. The third kappa shape index (κ3) is 4.91. The van der Waals surface area contributed by atoms with Crippen molar-refractivity contribution in [3.05, 3.63) is 72.8 Å². The number of thioether (sulfide) groups is 1. The molecule has 3 aromatic carbocycles. The minimum absolute atomic E-state index is 0.0325. The summed E-state index contributed by atoms with van der Waals surface area (Å²) in [6.45, 7) is 1.92. The van der Waals surface area contributed by atoms with Crippen LogP contribution in [-0.2, 0) is 14.8 Å². The van der Waals surface area contributed by atoms with E-state index in [-0.39, 0.29) is 17.6 Å². The van der Waals surface area contributed by atoms with Gasteiger partial charge in [-0.15, -0.1) is 10.2 Å². The van der Waals surface area contributed by atoms with Gasteiger partial charge in [0.2, 0.25) is 22.7 Å². The zero-order chi connectivity index (χ0) is 25.3. The van der Waals surface area contributed by atoms with Crippen LogP contribution >= 0.6 is 11.8 Å². The number of sulfonamides is 1. The number of hydrogen-bond acceptors (Lipinski definition) is 8. The highest BCUT2D eigenvalue weighted by atomic mass is 32.2. The smallest absolute Gasteiger partial charge is 0.238 e. The molecule has 0 saturated heterocycles. The van der Waals surface area contributed by atoms with Crippen molar-refractivity contribution in [1.82, 2.24) is 14.8 Å². The van der Waals surface area contributed by atoms with E-state index < -0.39 is 15.3 Å². The lowest BCUT2D eigenvalue weighted by Gasteiger charge is -2.14. The quantitative estimate of drug-likeness (QED) is 0.351. The number of nitrogens with two attached hydrogens (primary N) is 1. The molecule has 4 aromatic rings. The van der Waals surface area contributed by atoms with Crippen molar-refractivity contribution < 1.29 is 22.7 Å². The zero-order valence-corrected chi connectivity index (χ0v) is 20.6. The highest BCUT2D eigenvalue weighted by molar-refractivity contribution is 8.00. The third-order valence-electron chi connectivity index (χ3n) is 5.38. The molecule has 0 spiro atoms. The zero-order valence-electron chi connectivity index (χ0n) is 19.0. The molecule has 5 rings (SSSR count). The first-order chi connectivity index (χ1) is 17.3. The SMILES string of the molecule is C[C@@H](Sc1nnc(-c2ccc3c(c2)OCO3)n1-c1ccccc1)C(=O)Nc1ccc(S(N)(=O)=O)cc1. The summed E-state index contributed by atoms with van der Waals surface area (Å²) in [5, 5.41) is 16.7. The Morgan fingerprint density at radius 3 is 2.47 bits per heavy atom. The van der Waals surface area contributed by atoms with Crippen molar-refractivity contribution >= 4 is 33.4 Å². The summed E-state index contributed by atoms with van der Waals surface area (Å²) >= 11 is 1.25. The number of nitrogens with zero attached hydrogens (tertiary/aromatic N) is 3. The van der Waals surface area contributed by atoms with Crippen molar-refractivity contribution in [3.8, 4) is 28.6 Å². The summed E-state index contributed by atoms with van der Waals surface area (Å²) < 4.78 is 35.7. The number of hydrogen-bond donors (Lipinski definition) is 2. The number of para-hydroxylation sites is 1. The molecule has 0 radical (unpaired) electrons. The molecule has 2 heterocycles. The summed E-state index contributed by atoms with van der Waals surface area (Å²) in [6, 6.07) is 20.8. The fourth-order valence-corrected chi connectivity index (χ4v) is 4.95. The van der Waals surface area contributed by atoms with Crippen LogP contribution in [0.5, 0.6) is 11.5 Å². The van der Waals surface area contributed by atoms with Crippen LogP contribution in [0.25, 0.3) is 17.1 Å². The van der Waals surface area contributed by atoms with Crippen molar-refractivity contribution in [2.24, 2.45) is 5.14 Å². The lowest BCUT2D eigenvalue weighted by atomic mass is 10.2. The Hall–Kier alpha value is -3.87. The summed E-state index contributed by atoms with van der Waals surface area (Å²) in [6.07, 6.45) is 0. The van der Waals surface area contributed by atoms with Crippen LogP contribution in [0.3, 0.4) is 0 Å². The largest absolute Gasteiger partial charge is 0.454 e. The summed E-state index contributed by atoms with van der Waals surface area (Å²) in [5.74, 6) is 1.61. The normalized spacial score (nSPS) is 13.4. The number of primary sulfonamides is 1. The second-order valence-corrected chi connectivity index (χ2v) is 10.7. The molecule has 1 aliphatic rings. The maximum Gasteiger partial charge on any atom is 0.238 e. The Kier molecular flexibility index (Phi) is 6.39. The monoisotopic (exact) mass is 523 g/mol. The number of aromatic nitrogens is 3. The third-order valence-corrected chi connectivity index (χ3v) is 7.35. The number of fused-ring (bicyclic) bond motifs is 1. The Bertz CT molecular complexity index is 1520. The molecule has 12 heteroatoms. The van der Waals surface area contributed by atoms with Crippen LogP contribution in [-0.4, -0.2) is 41.1 Å². The van der Waals surface area contributed by atoms with Crippen LogP contribution < -0.4 is 19.9 Å². The summed E-state index contributed by atoms with van der Waals surface area (Å²) in [7, 11) is -3.81. The molecule has 0 aliphatic carbocycles. The maximum atomic E-state index is 12.9. The van der Waals surface area contributed by atoms with Crippen molar-refractivity contribution in [3.63, 3.8) is 0 Å². The Labute approximate surface area is 211 Å². The average molecular weight is 524 g/mol. The number of ether oxygens (including phenoxy) is 2. The molecule has 1 amide bonds. The molecule has 1 aromatic heterocycles.